The number of nitrogens with one attached hydrogen (secondary N) is 1. The predicted octanol–water partition coefficient (Wildman–Crippen LogP) is 18.5. The molecule has 0 spiro atoms. The minimum absolute atomic E-state index is 0.0221. The second-order valence-electron chi connectivity index (χ2n) is 20.7. The van der Waals surface area contributed by atoms with E-state index in [-0.39, 0.29) is 18.5 Å². The summed E-state index contributed by atoms with van der Waals surface area (Å²) in [5.74, 6) is -0.113. The number of hydrogen-bond acceptors (Lipinski definition) is 5. The van der Waals surface area contributed by atoms with Crippen molar-refractivity contribution in [3.05, 3.63) is 12.2 Å². The molecule has 2 unspecified atom stereocenters. The van der Waals surface area contributed by atoms with E-state index in [1.54, 1.807) is 6.08 Å². The summed E-state index contributed by atoms with van der Waals surface area (Å²) in [7, 11) is 0. The van der Waals surface area contributed by atoms with Crippen molar-refractivity contribution in [3.8, 4) is 0 Å². The number of aliphatic hydroxyl groups is 2. The average molecular weight is 933 g/mol. The van der Waals surface area contributed by atoms with Gasteiger partial charge in [0.15, 0.2) is 0 Å². The molecule has 0 aromatic carbocycles. The Kier molecular flexibility index (Phi) is 55.0. The monoisotopic (exact) mass is 932 g/mol. The van der Waals surface area contributed by atoms with E-state index in [0.717, 1.165) is 57.8 Å². The fourth-order valence-electron chi connectivity index (χ4n) is 9.46. The van der Waals surface area contributed by atoms with Gasteiger partial charge >= 0.3 is 5.97 Å². The summed E-state index contributed by atoms with van der Waals surface area (Å²) in [6.07, 6.45) is 66.7. The predicted molar refractivity (Wildman–Crippen MR) is 287 cm³/mol. The Hall–Kier alpha value is -1.40. The third-order valence-corrected chi connectivity index (χ3v) is 14.1. The Morgan fingerprint density at radius 3 is 1.03 bits per heavy atom. The largest absolute Gasteiger partial charge is 0.466 e. The van der Waals surface area contributed by atoms with Crippen LogP contribution in [0.5, 0.6) is 0 Å². The van der Waals surface area contributed by atoms with Crippen molar-refractivity contribution < 1.29 is 24.5 Å². The van der Waals surface area contributed by atoms with Crippen molar-refractivity contribution in [2.75, 3.05) is 13.2 Å². The molecule has 392 valence electrons. The van der Waals surface area contributed by atoms with Gasteiger partial charge in [0, 0.05) is 12.8 Å². The van der Waals surface area contributed by atoms with Crippen molar-refractivity contribution in [2.45, 2.75) is 347 Å². The summed E-state index contributed by atoms with van der Waals surface area (Å²) in [5.41, 5.74) is 0. The smallest absolute Gasteiger partial charge is 0.305 e. The SMILES string of the molecule is CCCCCCCCCCCCCCCCCCCCCCC/C=C/C(O)C(CO)NC(=O)CCCCCCCCCCCOC(=O)CCCCCCCCCCCCCCCCCCC. The molecule has 0 aliphatic carbocycles. The lowest BCUT2D eigenvalue weighted by atomic mass is 10.0. The van der Waals surface area contributed by atoms with E-state index >= 15 is 0 Å². The van der Waals surface area contributed by atoms with Crippen LogP contribution in [0.3, 0.4) is 0 Å². The van der Waals surface area contributed by atoms with Crippen LogP contribution in [0.15, 0.2) is 12.2 Å². The van der Waals surface area contributed by atoms with E-state index in [2.05, 4.69) is 19.2 Å². The number of carbonyl (C=O) groups excluding carboxylic acids is 2. The molecule has 1 amide bonds. The molecule has 0 bridgehead atoms. The molecule has 0 saturated carbocycles. The first kappa shape index (κ1) is 64.6. The van der Waals surface area contributed by atoms with E-state index < -0.39 is 12.1 Å². The molecule has 0 saturated heterocycles. The second kappa shape index (κ2) is 56.2. The van der Waals surface area contributed by atoms with Crippen LogP contribution in [0.25, 0.3) is 0 Å². The number of amides is 1. The number of esters is 1. The van der Waals surface area contributed by atoms with Crippen LogP contribution in [0, 0.1) is 0 Å². The van der Waals surface area contributed by atoms with Gasteiger partial charge in [-0.05, 0) is 32.1 Å². The highest BCUT2D eigenvalue weighted by atomic mass is 16.5. The van der Waals surface area contributed by atoms with Crippen LogP contribution < -0.4 is 5.32 Å². The first-order valence-corrected chi connectivity index (χ1v) is 30.0. The van der Waals surface area contributed by atoms with Crippen molar-refractivity contribution in [2.24, 2.45) is 0 Å². The molecule has 0 aromatic rings. The van der Waals surface area contributed by atoms with Gasteiger partial charge < -0.3 is 20.3 Å². The number of hydrogen-bond donors (Lipinski definition) is 3. The zero-order chi connectivity index (χ0) is 47.9. The maximum absolute atomic E-state index is 12.5. The first-order valence-electron chi connectivity index (χ1n) is 30.0. The summed E-state index contributed by atoms with van der Waals surface area (Å²) < 4.78 is 5.47. The molecule has 3 N–H and O–H groups in total. The van der Waals surface area contributed by atoms with Gasteiger partial charge in [0.2, 0.25) is 5.91 Å². The summed E-state index contributed by atoms with van der Waals surface area (Å²) >= 11 is 0. The quantitative estimate of drug-likeness (QED) is 0.0321. The maximum Gasteiger partial charge on any atom is 0.305 e. The second-order valence-corrected chi connectivity index (χ2v) is 20.7. The highest BCUT2D eigenvalue weighted by Gasteiger charge is 2.18. The van der Waals surface area contributed by atoms with Crippen molar-refractivity contribution >= 4 is 11.9 Å². The third kappa shape index (κ3) is 52.0. The summed E-state index contributed by atoms with van der Waals surface area (Å²) in [6, 6.07) is -0.648. The van der Waals surface area contributed by atoms with E-state index in [9.17, 15) is 19.8 Å². The van der Waals surface area contributed by atoms with Gasteiger partial charge in [0.1, 0.15) is 0 Å². The number of allylic oxidation sites excluding steroid dienone is 1. The molecular formula is C60H117NO5. The lowest BCUT2D eigenvalue weighted by molar-refractivity contribution is -0.143. The summed E-state index contributed by atoms with van der Waals surface area (Å²) in [6.45, 7) is 4.87. The molecule has 66 heavy (non-hydrogen) atoms. The Labute approximate surface area is 412 Å². The van der Waals surface area contributed by atoms with Crippen molar-refractivity contribution in [3.63, 3.8) is 0 Å². The van der Waals surface area contributed by atoms with Crippen LogP contribution >= 0.6 is 0 Å². The molecule has 0 aliphatic rings. The van der Waals surface area contributed by atoms with E-state index in [1.165, 1.54) is 250 Å². The standard InChI is InChI=1S/C60H117NO5/c1-3-5-7-9-11-13-15-17-19-21-22-23-24-25-26-28-29-31-33-36-40-44-48-52-58(63)57(56-62)61-59(64)53-49-45-41-37-35-39-43-47-51-55-66-60(65)54-50-46-42-38-34-32-30-27-20-18-16-14-12-10-8-6-4-2/h48,52,57-58,62-63H,3-47,49-51,53-56H2,1-2H3,(H,61,64)/b52-48+. The normalized spacial score (nSPS) is 12.6. The summed E-state index contributed by atoms with van der Waals surface area (Å²) in [4.78, 5) is 24.6. The van der Waals surface area contributed by atoms with Crippen LogP contribution in [0.1, 0.15) is 335 Å². The van der Waals surface area contributed by atoms with Gasteiger partial charge in [-0.2, -0.15) is 0 Å². The Morgan fingerprint density at radius 1 is 0.409 bits per heavy atom. The molecular weight excluding hydrogens is 815 g/mol. The minimum Gasteiger partial charge on any atom is -0.466 e. The fourth-order valence-corrected chi connectivity index (χ4v) is 9.46. The van der Waals surface area contributed by atoms with Crippen LogP contribution in [0.4, 0.5) is 0 Å². The van der Waals surface area contributed by atoms with Gasteiger partial charge in [-0.1, -0.05) is 302 Å². The average Bonchev–Trinajstić information content (AvgIpc) is 3.32. The topological polar surface area (TPSA) is 95.9 Å². The molecule has 0 aliphatic heterocycles. The Morgan fingerprint density at radius 2 is 0.697 bits per heavy atom. The molecule has 0 radical (unpaired) electrons. The molecule has 0 aromatic heterocycles. The van der Waals surface area contributed by atoms with E-state index in [4.69, 9.17) is 4.74 Å². The molecule has 0 rings (SSSR count). The zero-order valence-corrected chi connectivity index (χ0v) is 44.7. The third-order valence-electron chi connectivity index (χ3n) is 14.1. The lowest BCUT2D eigenvalue weighted by Gasteiger charge is -2.20. The summed E-state index contributed by atoms with van der Waals surface area (Å²) in [5, 5.41) is 23.2. The lowest BCUT2D eigenvalue weighted by Crippen LogP contribution is -2.45. The number of aliphatic hydroxyl groups excluding tert-OH is 2. The van der Waals surface area contributed by atoms with Crippen LogP contribution in [-0.2, 0) is 14.3 Å². The van der Waals surface area contributed by atoms with Gasteiger partial charge in [-0.25, -0.2) is 0 Å². The van der Waals surface area contributed by atoms with E-state index in [0.29, 0.717) is 19.4 Å². The van der Waals surface area contributed by atoms with Crippen LogP contribution in [-0.4, -0.2) is 47.4 Å². The molecule has 0 heterocycles. The number of rotatable bonds is 56. The van der Waals surface area contributed by atoms with Crippen LogP contribution in [0.2, 0.25) is 0 Å². The van der Waals surface area contributed by atoms with Crippen molar-refractivity contribution in [1.82, 2.24) is 5.32 Å². The maximum atomic E-state index is 12.5. The fraction of sp³-hybridized carbons (Fsp3) is 0.933. The molecule has 0 fully saturated rings. The highest BCUT2D eigenvalue weighted by molar-refractivity contribution is 5.76. The number of ether oxygens (including phenoxy) is 1. The van der Waals surface area contributed by atoms with Gasteiger partial charge in [0.25, 0.3) is 0 Å². The first-order chi connectivity index (χ1) is 32.5. The Balaban J connectivity index is 3.48. The van der Waals surface area contributed by atoms with Gasteiger partial charge in [0.05, 0.1) is 25.4 Å². The van der Waals surface area contributed by atoms with Crippen molar-refractivity contribution in [1.29, 1.82) is 0 Å². The number of unbranched alkanes of at least 4 members (excludes halogenated alkanes) is 45. The Bertz CT molecular complexity index is 986. The molecule has 6 heteroatoms. The van der Waals surface area contributed by atoms with E-state index in [1.807, 2.05) is 6.08 Å². The van der Waals surface area contributed by atoms with Gasteiger partial charge in [-0.3, -0.25) is 9.59 Å². The number of carbonyl (C=O) groups is 2. The molecule has 6 nitrogen and oxygen atoms in total. The zero-order valence-electron chi connectivity index (χ0n) is 44.7. The minimum atomic E-state index is -0.862. The van der Waals surface area contributed by atoms with Gasteiger partial charge in [-0.15, -0.1) is 0 Å². The highest BCUT2D eigenvalue weighted by Crippen LogP contribution is 2.18. The molecule has 2 atom stereocenters.